The first-order chi connectivity index (χ1) is 11.9. The third-order valence-electron chi connectivity index (χ3n) is 4.97. The summed E-state index contributed by atoms with van der Waals surface area (Å²) in [5, 5.41) is 62.3. The lowest BCUT2D eigenvalue weighted by atomic mass is 9.88. The van der Waals surface area contributed by atoms with Crippen LogP contribution in [0.1, 0.15) is 32.6 Å². The van der Waals surface area contributed by atoms with Crippen molar-refractivity contribution in [2.24, 2.45) is 0 Å². The quantitative estimate of drug-likeness (QED) is 0.242. The number of ether oxygens (including phenoxy) is 2. The molecule has 2 fully saturated rings. The zero-order valence-electron chi connectivity index (χ0n) is 14.4. The summed E-state index contributed by atoms with van der Waals surface area (Å²) in [6.07, 6.45) is -5.16. The molecule has 0 spiro atoms. The van der Waals surface area contributed by atoms with Gasteiger partial charge >= 0.3 is 0 Å². The maximum absolute atomic E-state index is 10.1. The fourth-order valence-electron chi connectivity index (χ4n) is 3.29. The molecule has 25 heavy (non-hydrogen) atoms. The predicted molar refractivity (Wildman–Crippen MR) is 86.6 cm³/mol. The molecule has 2 rings (SSSR count). The van der Waals surface area contributed by atoms with Crippen LogP contribution in [0.15, 0.2) is 0 Å². The topological polar surface area (TPSA) is 152 Å². The SMILES string of the molecule is CCCCC[C@@H]1N[C@H](COC2OCC(O)C(O)C2O)[C@@H](O)[C@H](O)[C@H]1O. The second-order valence-electron chi connectivity index (χ2n) is 6.93. The molecule has 2 aliphatic heterocycles. The van der Waals surface area contributed by atoms with Gasteiger partial charge in [0.25, 0.3) is 0 Å². The summed E-state index contributed by atoms with van der Waals surface area (Å²) in [5.41, 5.74) is 0. The van der Waals surface area contributed by atoms with Crippen LogP contribution in [-0.4, -0.2) is 98.9 Å². The minimum absolute atomic E-state index is 0.0975. The van der Waals surface area contributed by atoms with Gasteiger partial charge in [-0.25, -0.2) is 0 Å². The molecular weight excluding hydrogens is 334 g/mol. The smallest absolute Gasteiger partial charge is 0.186 e. The number of piperidine rings is 1. The van der Waals surface area contributed by atoms with E-state index in [0.717, 1.165) is 19.3 Å². The van der Waals surface area contributed by atoms with Gasteiger partial charge in [0.05, 0.1) is 31.5 Å². The molecule has 2 heterocycles. The van der Waals surface area contributed by atoms with Crippen LogP contribution < -0.4 is 5.32 Å². The molecule has 0 saturated carbocycles. The third kappa shape index (κ3) is 5.09. The Balaban J connectivity index is 1.88. The maximum Gasteiger partial charge on any atom is 0.186 e. The van der Waals surface area contributed by atoms with Crippen molar-refractivity contribution in [3.63, 3.8) is 0 Å². The van der Waals surface area contributed by atoms with Crippen LogP contribution in [0.5, 0.6) is 0 Å². The molecular formula is C16H31NO8. The van der Waals surface area contributed by atoms with Crippen molar-refractivity contribution in [1.29, 1.82) is 0 Å². The molecule has 4 unspecified atom stereocenters. The molecule has 0 bridgehead atoms. The Labute approximate surface area is 147 Å². The Morgan fingerprint density at radius 3 is 2.24 bits per heavy atom. The Morgan fingerprint density at radius 1 is 0.880 bits per heavy atom. The summed E-state index contributed by atoms with van der Waals surface area (Å²) in [6, 6.07) is -1.03. The van der Waals surface area contributed by atoms with Gasteiger partial charge in [-0.05, 0) is 6.42 Å². The normalized spacial score (nSPS) is 45.5. The van der Waals surface area contributed by atoms with Crippen molar-refractivity contribution in [2.75, 3.05) is 13.2 Å². The first-order valence-corrected chi connectivity index (χ1v) is 8.94. The number of aliphatic hydroxyl groups is 6. The van der Waals surface area contributed by atoms with E-state index in [1.807, 2.05) is 0 Å². The maximum atomic E-state index is 10.1. The van der Waals surface area contributed by atoms with Gasteiger partial charge in [-0.3, -0.25) is 0 Å². The standard InChI is InChI=1S/C16H31NO8/c1-2-3-4-5-8-11(19)14(22)12(20)9(17-8)6-24-16-15(23)13(21)10(18)7-25-16/h8-23H,2-7H2,1H3/t8-,9+,10?,11-,12+,13?,14+,15?,16?/m0/s1. The van der Waals surface area contributed by atoms with E-state index in [2.05, 4.69) is 12.2 Å². The Bertz CT molecular complexity index is 400. The second kappa shape index (κ2) is 9.54. The van der Waals surface area contributed by atoms with E-state index < -0.39 is 49.0 Å². The van der Waals surface area contributed by atoms with Crippen LogP contribution in [0.25, 0.3) is 0 Å². The number of rotatable bonds is 7. The van der Waals surface area contributed by atoms with Crippen LogP contribution in [-0.2, 0) is 9.47 Å². The molecule has 7 N–H and O–H groups in total. The summed E-state index contributed by atoms with van der Waals surface area (Å²) in [6.45, 7) is 1.80. The van der Waals surface area contributed by atoms with Gasteiger partial charge in [0.15, 0.2) is 6.29 Å². The number of hydrogen-bond donors (Lipinski definition) is 7. The summed E-state index contributed by atoms with van der Waals surface area (Å²) in [5.74, 6) is 0. The molecule has 0 aromatic carbocycles. The van der Waals surface area contributed by atoms with E-state index in [1.54, 1.807) is 0 Å². The van der Waals surface area contributed by atoms with E-state index in [0.29, 0.717) is 6.42 Å². The van der Waals surface area contributed by atoms with Gasteiger partial charge in [0.2, 0.25) is 0 Å². The highest BCUT2D eigenvalue weighted by Gasteiger charge is 2.43. The van der Waals surface area contributed by atoms with Crippen molar-refractivity contribution in [3.8, 4) is 0 Å². The zero-order valence-corrected chi connectivity index (χ0v) is 14.4. The van der Waals surface area contributed by atoms with Crippen molar-refractivity contribution in [1.82, 2.24) is 5.32 Å². The molecule has 0 aromatic heterocycles. The van der Waals surface area contributed by atoms with Crippen molar-refractivity contribution in [2.45, 2.75) is 87.6 Å². The summed E-state index contributed by atoms with van der Waals surface area (Å²) < 4.78 is 10.6. The molecule has 2 saturated heterocycles. The fourth-order valence-corrected chi connectivity index (χ4v) is 3.29. The molecule has 9 heteroatoms. The lowest BCUT2D eigenvalue weighted by Gasteiger charge is -2.42. The monoisotopic (exact) mass is 365 g/mol. The average molecular weight is 365 g/mol. The Hall–Kier alpha value is -0.360. The highest BCUT2D eigenvalue weighted by molar-refractivity contribution is 4.98. The highest BCUT2D eigenvalue weighted by Crippen LogP contribution is 2.22. The van der Waals surface area contributed by atoms with Gasteiger partial charge in [0.1, 0.15) is 24.4 Å². The minimum atomic E-state index is -1.42. The molecule has 0 amide bonds. The Kier molecular flexibility index (Phi) is 7.99. The lowest BCUT2D eigenvalue weighted by Crippen LogP contribution is -2.66. The van der Waals surface area contributed by atoms with Gasteiger partial charge in [-0.2, -0.15) is 0 Å². The first-order valence-electron chi connectivity index (χ1n) is 8.94. The number of unbranched alkanes of at least 4 members (excludes halogenated alkanes) is 2. The first kappa shape index (κ1) is 20.9. The number of hydrogen-bond acceptors (Lipinski definition) is 9. The molecule has 148 valence electrons. The molecule has 0 aliphatic carbocycles. The average Bonchev–Trinajstić information content (AvgIpc) is 2.60. The van der Waals surface area contributed by atoms with Gasteiger partial charge < -0.3 is 45.4 Å². The fraction of sp³-hybridized carbons (Fsp3) is 1.00. The van der Waals surface area contributed by atoms with Gasteiger partial charge in [-0.15, -0.1) is 0 Å². The molecule has 0 aromatic rings. The molecule has 9 atom stereocenters. The van der Waals surface area contributed by atoms with E-state index in [9.17, 15) is 30.6 Å². The summed E-state index contributed by atoms with van der Waals surface area (Å²) in [7, 11) is 0. The summed E-state index contributed by atoms with van der Waals surface area (Å²) >= 11 is 0. The van der Waals surface area contributed by atoms with Crippen LogP contribution >= 0.6 is 0 Å². The summed E-state index contributed by atoms with van der Waals surface area (Å²) in [4.78, 5) is 0. The van der Waals surface area contributed by atoms with E-state index in [-0.39, 0.29) is 19.3 Å². The minimum Gasteiger partial charge on any atom is -0.389 e. The predicted octanol–water partition coefficient (Wildman–Crippen LogP) is -2.55. The van der Waals surface area contributed by atoms with E-state index >= 15 is 0 Å². The highest BCUT2D eigenvalue weighted by atomic mass is 16.7. The van der Waals surface area contributed by atoms with Crippen LogP contribution in [0.3, 0.4) is 0 Å². The molecule has 0 radical (unpaired) electrons. The van der Waals surface area contributed by atoms with E-state index in [1.165, 1.54) is 0 Å². The zero-order chi connectivity index (χ0) is 18.6. The van der Waals surface area contributed by atoms with Crippen LogP contribution in [0.4, 0.5) is 0 Å². The second-order valence-corrected chi connectivity index (χ2v) is 6.93. The van der Waals surface area contributed by atoms with Crippen molar-refractivity contribution < 1.29 is 40.1 Å². The van der Waals surface area contributed by atoms with Crippen LogP contribution in [0.2, 0.25) is 0 Å². The largest absolute Gasteiger partial charge is 0.389 e. The molecule has 2 aliphatic rings. The van der Waals surface area contributed by atoms with Gasteiger partial charge in [0, 0.05) is 6.04 Å². The van der Waals surface area contributed by atoms with E-state index in [4.69, 9.17) is 9.47 Å². The lowest BCUT2D eigenvalue weighted by molar-refractivity contribution is -0.274. The van der Waals surface area contributed by atoms with Crippen molar-refractivity contribution in [3.05, 3.63) is 0 Å². The van der Waals surface area contributed by atoms with Crippen LogP contribution in [0, 0.1) is 0 Å². The van der Waals surface area contributed by atoms with Crippen molar-refractivity contribution >= 4 is 0 Å². The number of nitrogens with one attached hydrogen (secondary N) is 1. The molecule has 9 nitrogen and oxygen atoms in total. The Morgan fingerprint density at radius 2 is 1.56 bits per heavy atom. The number of aliphatic hydroxyl groups excluding tert-OH is 6. The van der Waals surface area contributed by atoms with Gasteiger partial charge in [-0.1, -0.05) is 26.2 Å². The third-order valence-corrected chi connectivity index (χ3v) is 4.97.